The maximum atomic E-state index is 11.9. The largest absolute Gasteiger partial charge is 0.477 e. The van der Waals surface area contributed by atoms with Gasteiger partial charge in [-0.1, -0.05) is 0 Å². The number of anilines is 1. The van der Waals surface area contributed by atoms with E-state index < -0.39 is 21.8 Å². The van der Waals surface area contributed by atoms with Crippen molar-refractivity contribution in [3.63, 3.8) is 0 Å². The number of rotatable bonds is 4. The lowest BCUT2D eigenvalue weighted by Crippen LogP contribution is -2.21. The Bertz CT molecular complexity index is 467. The summed E-state index contributed by atoms with van der Waals surface area (Å²) in [5, 5.41) is 9.86. The fourth-order valence-electron chi connectivity index (χ4n) is 0.753. The Morgan fingerprint density at radius 2 is 2.13 bits per heavy atom. The van der Waals surface area contributed by atoms with Crippen molar-refractivity contribution in [1.29, 1.82) is 0 Å². The molecular formula is C6H5F2NO4S2. The summed E-state index contributed by atoms with van der Waals surface area (Å²) in [5.74, 6) is -4.98. The Kier molecular flexibility index (Phi) is 3.25. The highest BCUT2D eigenvalue weighted by atomic mass is 32.2. The van der Waals surface area contributed by atoms with E-state index in [0.717, 1.165) is 17.4 Å². The first kappa shape index (κ1) is 11.9. The maximum Gasteiger partial charge on any atom is 0.355 e. The molecule has 1 aromatic heterocycles. The molecule has 5 nitrogen and oxygen atoms in total. The quantitative estimate of drug-likeness (QED) is 0.854. The number of nitrogens with one attached hydrogen (secondary N) is 1. The van der Waals surface area contributed by atoms with Crippen LogP contribution in [-0.4, -0.2) is 25.3 Å². The van der Waals surface area contributed by atoms with Gasteiger partial charge in [0.1, 0.15) is 4.88 Å². The molecule has 0 bridgehead atoms. The minimum absolute atomic E-state index is 0.334. The van der Waals surface area contributed by atoms with Gasteiger partial charge in [-0.05, 0) is 11.4 Å². The summed E-state index contributed by atoms with van der Waals surface area (Å²) in [4.78, 5) is 10.2. The molecule has 1 aromatic rings. The van der Waals surface area contributed by atoms with Crippen LogP contribution in [-0.2, 0) is 10.0 Å². The van der Waals surface area contributed by atoms with Gasteiger partial charge in [-0.25, -0.2) is 13.2 Å². The van der Waals surface area contributed by atoms with Gasteiger partial charge in [0.05, 0.1) is 5.69 Å². The molecule has 0 amide bonds. The van der Waals surface area contributed by atoms with Crippen LogP contribution in [0.25, 0.3) is 0 Å². The van der Waals surface area contributed by atoms with Gasteiger partial charge in [0, 0.05) is 0 Å². The number of hydrogen-bond acceptors (Lipinski definition) is 4. The molecule has 0 unspecified atom stereocenters. The summed E-state index contributed by atoms with van der Waals surface area (Å²) in [6.07, 6.45) is 0. The number of halogens is 2. The summed E-state index contributed by atoms with van der Waals surface area (Å²) in [6, 6.07) is 1.11. The Morgan fingerprint density at radius 1 is 1.53 bits per heavy atom. The second kappa shape index (κ2) is 4.11. The number of carbonyl (C=O) groups is 1. The molecule has 1 rings (SSSR count). The topological polar surface area (TPSA) is 83.5 Å². The van der Waals surface area contributed by atoms with Crippen LogP contribution in [0.1, 0.15) is 9.67 Å². The molecule has 84 valence electrons. The first-order valence-electron chi connectivity index (χ1n) is 3.45. The lowest BCUT2D eigenvalue weighted by molar-refractivity contribution is 0.0703. The molecule has 0 saturated heterocycles. The molecule has 15 heavy (non-hydrogen) atoms. The van der Waals surface area contributed by atoms with E-state index in [1.165, 1.54) is 10.1 Å². The lowest BCUT2D eigenvalue weighted by Gasteiger charge is -2.05. The second-order valence-electron chi connectivity index (χ2n) is 2.38. The van der Waals surface area contributed by atoms with Crippen molar-refractivity contribution in [2.75, 3.05) is 4.72 Å². The minimum Gasteiger partial charge on any atom is -0.477 e. The Balaban J connectivity index is 3.01. The Morgan fingerprint density at radius 3 is 2.60 bits per heavy atom. The zero-order valence-electron chi connectivity index (χ0n) is 6.98. The van der Waals surface area contributed by atoms with Crippen LogP contribution in [0, 0.1) is 0 Å². The molecule has 2 N–H and O–H groups in total. The van der Waals surface area contributed by atoms with Crippen LogP contribution in [0.15, 0.2) is 11.4 Å². The highest BCUT2D eigenvalue weighted by molar-refractivity contribution is 7.93. The van der Waals surface area contributed by atoms with Crippen molar-refractivity contribution in [2.45, 2.75) is 5.76 Å². The van der Waals surface area contributed by atoms with Crippen LogP contribution in [0.5, 0.6) is 0 Å². The summed E-state index contributed by atoms with van der Waals surface area (Å²) in [5.41, 5.74) is -0.354. The standard InChI is InChI=1S/C6H5F2NO4S2/c7-6(8)15(12,13)9-3-1-2-14-4(3)5(10)11/h1-2,6,9H,(H,10,11). The average Bonchev–Trinajstić information content (AvgIpc) is 2.51. The molecule has 0 saturated carbocycles. The van der Waals surface area contributed by atoms with Gasteiger partial charge in [0.15, 0.2) is 0 Å². The molecule has 0 aliphatic rings. The zero-order valence-corrected chi connectivity index (χ0v) is 8.61. The molecule has 0 aromatic carbocycles. The first-order valence-corrected chi connectivity index (χ1v) is 5.88. The SMILES string of the molecule is O=C(O)c1sccc1NS(=O)(=O)C(F)F. The highest BCUT2D eigenvalue weighted by Gasteiger charge is 2.26. The number of carboxylic acids is 1. The van der Waals surface area contributed by atoms with Crippen LogP contribution < -0.4 is 4.72 Å². The molecule has 0 aliphatic carbocycles. The monoisotopic (exact) mass is 257 g/mol. The molecule has 0 atom stereocenters. The normalized spacial score (nSPS) is 11.7. The third-order valence-electron chi connectivity index (χ3n) is 1.35. The summed E-state index contributed by atoms with van der Waals surface area (Å²) >= 11 is 0.739. The van der Waals surface area contributed by atoms with E-state index in [1.54, 1.807) is 0 Å². The average molecular weight is 257 g/mol. The minimum atomic E-state index is -4.82. The molecule has 0 aliphatic heterocycles. The lowest BCUT2D eigenvalue weighted by atomic mass is 10.4. The predicted octanol–water partition coefficient (Wildman–Crippen LogP) is 1.41. The number of sulfonamides is 1. The third kappa shape index (κ3) is 2.63. The number of hydrogen-bond donors (Lipinski definition) is 2. The Labute approximate surface area is 87.4 Å². The van der Waals surface area contributed by atoms with E-state index in [9.17, 15) is 22.0 Å². The van der Waals surface area contributed by atoms with Gasteiger partial charge in [0.25, 0.3) is 10.0 Å². The van der Waals surface area contributed by atoms with E-state index in [2.05, 4.69) is 0 Å². The molecule has 0 radical (unpaired) electrons. The van der Waals surface area contributed by atoms with E-state index in [-0.39, 0.29) is 10.6 Å². The number of thiophene rings is 1. The first-order chi connectivity index (χ1) is 6.84. The molecular weight excluding hydrogens is 252 g/mol. The second-order valence-corrected chi connectivity index (χ2v) is 4.94. The van der Waals surface area contributed by atoms with Gasteiger partial charge in [-0.2, -0.15) is 8.78 Å². The number of alkyl halides is 2. The van der Waals surface area contributed by atoms with Crippen LogP contribution in [0.2, 0.25) is 0 Å². The van der Waals surface area contributed by atoms with Crippen LogP contribution >= 0.6 is 11.3 Å². The Hall–Kier alpha value is -1.22. The van der Waals surface area contributed by atoms with E-state index in [1.807, 2.05) is 0 Å². The summed E-state index contributed by atoms with van der Waals surface area (Å²) in [6.45, 7) is 0. The number of carboxylic acid groups (broad SMARTS) is 1. The van der Waals surface area contributed by atoms with Crippen molar-refractivity contribution in [3.8, 4) is 0 Å². The molecule has 0 fully saturated rings. The smallest absolute Gasteiger partial charge is 0.355 e. The number of aromatic carboxylic acids is 1. The predicted molar refractivity (Wildman–Crippen MR) is 49.8 cm³/mol. The summed E-state index contributed by atoms with van der Waals surface area (Å²) < 4.78 is 46.8. The highest BCUT2D eigenvalue weighted by Crippen LogP contribution is 2.24. The van der Waals surface area contributed by atoms with Gasteiger partial charge in [-0.15, -0.1) is 11.3 Å². The molecule has 0 spiro atoms. The van der Waals surface area contributed by atoms with Crippen molar-refractivity contribution in [2.24, 2.45) is 0 Å². The van der Waals surface area contributed by atoms with Crippen molar-refractivity contribution >= 4 is 33.0 Å². The van der Waals surface area contributed by atoms with E-state index in [4.69, 9.17) is 5.11 Å². The van der Waals surface area contributed by atoms with Crippen molar-refractivity contribution in [1.82, 2.24) is 0 Å². The van der Waals surface area contributed by atoms with Crippen LogP contribution in [0.3, 0.4) is 0 Å². The van der Waals surface area contributed by atoms with E-state index in [0.29, 0.717) is 0 Å². The van der Waals surface area contributed by atoms with Crippen LogP contribution in [0.4, 0.5) is 14.5 Å². The fourth-order valence-corrected chi connectivity index (χ4v) is 2.07. The molecule has 1 heterocycles. The molecule has 9 heteroatoms. The van der Waals surface area contributed by atoms with Crippen molar-refractivity contribution in [3.05, 3.63) is 16.3 Å². The van der Waals surface area contributed by atoms with Gasteiger partial charge >= 0.3 is 11.7 Å². The third-order valence-corrected chi connectivity index (χ3v) is 3.22. The van der Waals surface area contributed by atoms with Gasteiger partial charge < -0.3 is 5.11 Å². The van der Waals surface area contributed by atoms with E-state index >= 15 is 0 Å². The summed E-state index contributed by atoms with van der Waals surface area (Å²) in [7, 11) is -4.82. The fraction of sp³-hybridized carbons (Fsp3) is 0.167. The van der Waals surface area contributed by atoms with Gasteiger partial charge in [-0.3, -0.25) is 4.72 Å². The zero-order chi connectivity index (χ0) is 11.6. The van der Waals surface area contributed by atoms with Crippen molar-refractivity contribution < 1.29 is 27.1 Å². The van der Waals surface area contributed by atoms with Gasteiger partial charge in [0.2, 0.25) is 0 Å². The maximum absolute atomic E-state index is 11.9.